The van der Waals surface area contributed by atoms with Crippen LogP contribution in [-0.4, -0.2) is 85.2 Å². The Hall–Kier alpha value is -4.40. The van der Waals surface area contributed by atoms with E-state index in [0.717, 1.165) is 12.8 Å². The first kappa shape index (κ1) is 30.6. The topological polar surface area (TPSA) is 193 Å². The summed E-state index contributed by atoms with van der Waals surface area (Å²) in [6, 6.07) is 5.45. The van der Waals surface area contributed by atoms with E-state index in [-0.39, 0.29) is 58.8 Å². The number of aromatic nitrogens is 4. The minimum atomic E-state index is -2.04. The molecule has 2 aromatic heterocycles. The summed E-state index contributed by atoms with van der Waals surface area (Å²) in [5, 5.41) is 30.6. The number of benzene rings is 1. The normalized spacial score (nSPS) is 14.4. The predicted octanol–water partition coefficient (Wildman–Crippen LogP) is 0.422. The molecular formula is C25H27B3N8O6. The quantitative estimate of drug-likeness (QED) is 0.190. The molecule has 0 saturated heterocycles. The molecule has 5 N–H and O–H groups in total. The Morgan fingerprint density at radius 2 is 1.93 bits per heavy atom. The van der Waals surface area contributed by atoms with E-state index in [1.54, 1.807) is 25.1 Å². The average Bonchev–Trinajstić information content (AvgIpc) is 3.67. The number of carbonyl (C=O) groups is 3. The third-order valence-corrected chi connectivity index (χ3v) is 6.10. The summed E-state index contributed by atoms with van der Waals surface area (Å²) >= 11 is 0. The van der Waals surface area contributed by atoms with Crippen LogP contribution in [0.2, 0.25) is 0 Å². The van der Waals surface area contributed by atoms with Crippen LogP contribution in [0.25, 0.3) is 11.5 Å². The van der Waals surface area contributed by atoms with Gasteiger partial charge < -0.3 is 35.6 Å². The number of para-hydroxylation sites is 1. The number of methoxy groups -OCH3 is 1. The van der Waals surface area contributed by atoms with Gasteiger partial charge in [0.1, 0.15) is 6.04 Å². The summed E-state index contributed by atoms with van der Waals surface area (Å²) < 4.78 is 11.1. The number of hydrogen-bond acceptors (Lipinski definition) is 11. The molecule has 17 heteroatoms. The largest absolute Gasteiger partial charge is 0.494 e. The number of aliphatic hydroxyl groups is 1. The molecule has 1 fully saturated rings. The molecule has 1 aliphatic rings. The van der Waals surface area contributed by atoms with E-state index in [1.807, 2.05) is 0 Å². The van der Waals surface area contributed by atoms with Crippen molar-refractivity contribution >= 4 is 58.5 Å². The van der Waals surface area contributed by atoms with Gasteiger partial charge in [0, 0.05) is 18.4 Å². The Kier molecular flexibility index (Phi) is 9.19. The molecule has 0 bridgehead atoms. The average molecular weight is 568 g/mol. The van der Waals surface area contributed by atoms with Gasteiger partial charge in [-0.1, -0.05) is 23.4 Å². The Morgan fingerprint density at radius 1 is 1.19 bits per heavy atom. The molecule has 1 aliphatic carbocycles. The highest BCUT2D eigenvalue weighted by Crippen LogP contribution is 2.38. The van der Waals surface area contributed by atoms with Crippen LogP contribution in [0.1, 0.15) is 55.5 Å². The molecule has 0 spiro atoms. The highest BCUT2D eigenvalue weighted by atomic mass is 16.5. The van der Waals surface area contributed by atoms with Crippen LogP contribution in [0.3, 0.4) is 0 Å². The number of anilines is 3. The molecule has 3 amide bonds. The molecule has 4 rings (SSSR count). The Labute approximate surface area is 245 Å². The standard InChI is InChI=1S/C25H27B3N8O6/c1-4-17(38)31-18(11(2)37)21-32-24(42-36-21)13-6-5-7-14(20(13)41-3)29-15-10-16(30-22(39)12-8-9-12)34-35-19(15)23(40)33-25(26,27)28/h5-7,10-12,18,37H,4,8-9H2,1-3H3,(H,31,38)(H,33,40)(H2,29,30,34,39)/t11-,18+/m1/s1. The van der Waals surface area contributed by atoms with Crippen LogP contribution < -0.4 is 26.0 Å². The SMILES string of the molecule is [B]C([B])([B])NC(=O)c1nnc(NC(=O)C2CC2)cc1Nc1cccc(-c2nc([C@@H](NC(=O)CC)[C@@H](C)O)no2)c1OC. The third kappa shape index (κ3) is 7.46. The van der Waals surface area contributed by atoms with E-state index < -0.39 is 23.3 Å². The molecule has 2 heterocycles. The molecule has 212 valence electrons. The van der Waals surface area contributed by atoms with Crippen LogP contribution in [0.4, 0.5) is 17.2 Å². The van der Waals surface area contributed by atoms with Gasteiger partial charge in [-0.05, 0) is 31.9 Å². The number of nitrogens with one attached hydrogen (secondary N) is 4. The van der Waals surface area contributed by atoms with Gasteiger partial charge in [-0.25, -0.2) is 0 Å². The highest BCUT2D eigenvalue weighted by molar-refractivity contribution is 6.60. The van der Waals surface area contributed by atoms with E-state index in [2.05, 4.69) is 41.6 Å². The van der Waals surface area contributed by atoms with Crippen LogP contribution in [0.5, 0.6) is 5.75 Å². The maximum absolute atomic E-state index is 12.9. The number of nitrogens with zero attached hydrogens (tertiary/aromatic N) is 4. The third-order valence-electron chi connectivity index (χ3n) is 6.10. The van der Waals surface area contributed by atoms with Crippen LogP contribution in [0, 0.1) is 5.92 Å². The zero-order valence-electron chi connectivity index (χ0n) is 23.2. The molecule has 1 aromatic carbocycles. The number of amides is 3. The number of ether oxygens (including phenoxy) is 1. The summed E-state index contributed by atoms with van der Waals surface area (Å²) in [5.74, 6) is -1.03. The van der Waals surface area contributed by atoms with Crippen molar-refractivity contribution < 1.29 is 28.8 Å². The zero-order valence-corrected chi connectivity index (χ0v) is 23.2. The summed E-state index contributed by atoms with van der Waals surface area (Å²) in [7, 11) is 18.0. The van der Waals surface area contributed by atoms with Gasteiger partial charge >= 0.3 is 0 Å². The first-order valence-corrected chi connectivity index (χ1v) is 13.0. The molecule has 3 aromatic rings. The second-order valence-electron chi connectivity index (χ2n) is 9.75. The monoisotopic (exact) mass is 568 g/mol. The van der Waals surface area contributed by atoms with Gasteiger partial charge in [-0.3, -0.25) is 14.4 Å². The fourth-order valence-corrected chi connectivity index (χ4v) is 3.86. The van der Waals surface area contributed by atoms with Crippen LogP contribution in [0.15, 0.2) is 28.8 Å². The number of carbonyl (C=O) groups excluding carboxylic acids is 3. The van der Waals surface area contributed by atoms with Gasteiger partial charge in [0.25, 0.3) is 11.8 Å². The van der Waals surface area contributed by atoms with Gasteiger partial charge in [0.05, 0.1) is 53.7 Å². The maximum atomic E-state index is 12.9. The second kappa shape index (κ2) is 12.6. The van der Waals surface area contributed by atoms with Gasteiger partial charge in [-0.15, -0.1) is 10.2 Å². The molecule has 42 heavy (non-hydrogen) atoms. The lowest BCUT2D eigenvalue weighted by Gasteiger charge is -2.23. The second-order valence-corrected chi connectivity index (χ2v) is 9.75. The first-order chi connectivity index (χ1) is 19.9. The molecule has 1 saturated carbocycles. The molecule has 6 radical (unpaired) electrons. The predicted molar refractivity (Wildman–Crippen MR) is 153 cm³/mol. The van der Waals surface area contributed by atoms with Crippen molar-refractivity contribution in [1.82, 2.24) is 31.0 Å². The van der Waals surface area contributed by atoms with E-state index in [4.69, 9.17) is 32.8 Å². The first-order valence-electron chi connectivity index (χ1n) is 13.0. The molecule has 0 aliphatic heterocycles. The lowest BCUT2D eigenvalue weighted by atomic mass is 9.49. The minimum absolute atomic E-state index is 0.0317. The number of hydrogen-bond donors (Lipinski definition) is 5. The molecule has 2 atom stereocenters. The van der Waals surface area contributed by atoms with Gasteiger partial charge in [0.15, 0.2) is 23.1 Å². The smallest absolute Gasteiger partial charge is 0.272 e. The molecule has 0 unspecified atom stereocenters. The van der Waals surface area contributed by atoms with Crippen molar-refractivity contribution in [3.05, 3.63) is 35.8 Å². The fourth-order valence-electron chi connectivity index (χ4n) is 3.86. The lowest BCUT2D eigenvalue weighted by Crippen LogP contribution is -2.50. The number of rotatable bonds is 12. The highest BCUT2D eigenvalue weighted by Gasteiger charge is 2.31. The van der Waals surface area contributed by atoms with Crippen molar-refractivity contribution in [3.8, 4) is 17.2 Å². The van der Waals surface area contributed by atoms with E-state index in [1.165, 1.54) is 20.1 Å². The molecular weight excluding hydrogens is 541 g/mol. The number of aliphatic hydroxyl groups excluding tert-OH is 1. The van der Waals surface area contributed by atoms with E-state index >= 15 is 0 Å². The van der Waals surface area contributed by atoms with Crippen molar-refractivity contribution in [1.29, 1.82) is 0 Å². The summed E-state index contributed by atoms with van der Waals surface area (Å²) in [4.78, 5) is 41.5. The van der Waals surface area contributed by atoms with Crippen molar-refractivity contribution in [2.24, 2.45) is 5.92 Å². The maximum Gasteiger partial charge on any atom is 0.272 e. The molecule has 14 nitrogen and oxygen atoms in total. The summed E-state index contributed by atoms with van der Waals surface area (Å²) in [5.41, 5.74) is 0.565. The van der Waals surface area contributed by atoms with E-state index in [0.29, 0.717) is 11.3 Å². The van der Waals surface area contributed by atoms with Crippen LogP contribution in [-0.2, 0) is 9.59 Å². The fraction of sp³-hybridized carbons (Fsp3) is 0.400. The van der Waals surface area contributed by atoms with Crippen molar-refractivity contribution in [2.45, 2.75) is 50.5 Å². The lowest BCUT2D eigenvalue weighted by molar-refractivity contribution is -0.122. The summed E-state index contributed by atoms with van der Waals surface area (Å²) in [6.07, 6.45) is 0.754. The Morgan fingerprint density at radius 3 is 2.55 bits per heavy atom. The minimum Gasteiger partial charge on any atom is -0.494 e. The van der Waals surface area contributed by atoms with Crippen LogP contribution >= 0.6 is 0 Å². The van der Waals surface area contributed by atoms with Crippen molar-refractivity contribution in [3.63, 3.8) is 0 Å². The van der Waals surface area contributed by atoms with Gasteiger partial charge in [-0.2, -0.15) is 4.98 Å². The van der Waals surface area contributed by atoms with E-state index in [9.17, 15) is 19.5 Å². The van der Waals surface area contributed by atoms with Crippen molar-refractivity contribution in [2.75, 3.05) is 17.7 Å². The Bertz CT molecular complexity index is 1470. The zero-order chi connectivity index (χ0) is 30.6. The summed E-state index contributed by atoms with van der Waals surface area (Å²) in [6.45, 7) is 3.17. The Balaban J connectivity index is 1.69. The van der Waals surface area contributed by atoms with Gasteiger partial charge in [0.2, 0.25) is 11.8 Å².